The van der Waals surface area contributed by atoms with Crippen LogP contribution in [0.2, 0.25) is 0 Å². The Labute approximate surface area is 232 Å². The predicted octanol–water partition coefficient (Wildman–Crippen LogP) is 6.98. The fourth-order valence-electron chi connectivity index (χ4n) is 5.81. The third kappa shape index (κ3) is 5.44. The Hall–Kier alpha value is -3.45. The van der Waals surface area contributed by atoms with Gasteiger partial charge < -0.3 is 14.8 Å². The Kier molecular flexibility index (Phi) is 8.13. The number of halogens is 3. The summed E-state index contributed by atoms with van der Waals surface area (Å²) in [4.78, 5) is 4.63. The number of alkyl halides is 2. The van der Waals surface area contributed by atoms with E-state index in [9.17, 15) is 14.0 Å². The minimum Gasteiger partial charge on any atom is -0.481 e. The third-order valence-electron chi connectivity index (χ3n) is 8.21. The van der Waals surface area contributed by atoms with E-state index in [0.29, 0.717) is 34.6 Å². The van der Waals surface area contributed by atoms with E-state index < -0.39 is 35.4 Å². The van der Waals surface area contributed by atoms with Crippen LogP contribution in [0.5, 0.6) is 5.88 Å². The van der Waals surface area contributed by atoms with Crippen LogP contribution >= 0.6 is 0 Å². The van der Waals surface area contributed by atoms with E-state index >= 15 is 4.39 Å². The number of methoxy groups -OCH3 is 1. The molecule has 0 radical (unpaired) electrons. The Bertz CT molecular complexity index is 1410. The molecule has 1 N–H and O–H groups in total. The lowest BCUT2D eigenvalue weighted by Crippen LogP contribution is -2.24. The van der Waals surface area contributed by atoms with Gasteiger partial charge in [-0.05, 0) is 44.2 Å². The average molecular weight is 554 g/mol. The summed E-state index contributed by atoms with van der Waals surface area (Å²) in [7, 11) is 1.53. The summed E-state index contributed by atoms with van der Waals surface area (Å²) in [6.45, 7) is 1.00. The number of nitrogens with zero attached hydrogens (tertiary/aromatic N) is 4. The molecule has 1 fully saturated rings. The first-order valence-electron chi connectivity index (χ1n) is 13.9. The number of ether oxygens (including phenoxy) is 2. The number of nitrogens with one attached hydrogen (secondary N) is 1. The molecular weight excluding hydrogens is 519 g/mol. The molecule has 10 heteroatoms. The van der Waals surface area contributed by atoms with Crippen molar-refractivity contribution in [2.45, 2.75) is 75.7 Å². The lowest BCUT2D eigenvalue weighted by molar-refractivity contribution is -0.0853. The van der Waals surface area contributed by atoms with Crippen molar-refractivity contribution < 1.29 is 22.6 Å². The second kappa shape index (κ2) is 11.6. The van der Waals surface area contributed by atoms with Crippen LogP contribution in [0.25, 0.3) is 10.9 Å². The SMILES string of the molecule is COc1nc2cnnc3c2cc1C1(C#N)CC1CCCCCCCCOCC(F)(F)c1cccc(c1F)[C@@H](C)N3. The number of aromatic nitrogens is 3. The lowest BCUT2D eigenvalue weighted by atomic mass is 9.92. The summed E-state index contributed by atoms with van der Waals surface area (Å²) in [5.41, 5.74) is -0.139. The van der Waals surface area contributed by atoms with Crippen LogP contribution in [0, 0.1) is 23.1 Å². The fraction of sp³-hybridized carbons (Fsp3) is 0.533. The molecule has 5 rings (SSSR count). The topological polar surface area (TPSA) is 93.0 Å². The van der Waals surface area contributed by atoms with Gasteiger partial charge in [-0.1, -0.05) is 44.2 Å². The van der Waals surface area contributed by atoms with Gasteiger partial charge in [0.25, 0.3) is 5.92 Å². The molecule has 2 aliphatic rings. The first kappa shape index (κ1) is 28.1. The molecule has 3 atom stereocenters. The average Bonchev–Trinajstić information content (AvgIpc) is 3.67. The molecule has 212 valence electrons. The van der Waals surface area contributed by atoms with E-state index in [-0.39, 0.29) is 18.1 Å². The summed E-state index contributed by atoms with van der Waals surface area (Å²) < 4.78 is 56.3. The van der Waals surface area contributed by atoms with E-state index in [1.807, 2.05) is 6.07 Å². The Balaban J connectivity index is 1.54. The summed E-state index contributed by atoms with van der Waals surface area (Å²) in [5.74, 6) is -3.57. The molecule has 3 heterocycles. The highest BCUT2D eigenvalue weighted by atomic mass is 19.3. The number of fused-ring (bicyclic) bond motifs is 5. The molecule has 1 aliphatic heterocycles. The highest BCUT2D eigenvalue weighted by molar-refractivity contribution is 5.90. The molecule has 4 bridgehead atoms. The van der Waals surface area contributed by atoms with Gasteiger partial charge >= 0.3 is 0 Å². The summed E-state index contributed by atoms with van der Waals surface area (Å²) >= 11 is 0. The Morgan fingerprint density at radius 2 is 1.90 bits per heavy atom. The molecular formula is C30H34F3N5O2. The van der Waals surface area contributed by atoms with Crippen molar-refractivity contribution in [1.82, 2.24) is 15.2 Å². The van der Waals surface area contributed by atoms with Crippen molar-refractivity contribution in [2.75, 3.05) is 25.6 Å². The molecule has 0 saturated heterocycles. The minimum atomic E-state index is -3.47. The van der Waals surface area contributed by atoms with Crippen LogP contribution in [-0.4, -0.2) is 35.5 Å². The lowest BCUT2D eigenvalue weighted by Gasteiger charge is -2.22. The van der Waals surface area contributed by atoms with Gasteiger partial charge in [0.1, 0.15) is 12.4 Å². The maximum Gasteiger partial charge on any atom is 0.298 e. The smallest absolute Gasteiger partial charge is 0.298 e. The number of anilines is 1. The van der Waals surface area contributed by atoms with E-state index in [1.165, 1.54) is 25.4 Å². The third-order valence-corrected chi connectivity index (χ3v) is 8.21. The highest BCUT2D eigenvalue weighted by Gasteiger charge is 2.57. The molecule has 3 aromatic rings. The van der Waals surface area contributed by atoms with E-state index in [1.54, 1.807) is 6.92 Å². The minimum absolute atomic E-state index is 0.0653. The van der Waals surface area contributed by atoms with E-state index in [4.69, 9.17) is 9.47 Å². The second-order valence-corrected chi connectivity index (χ2v) is 10.9. The zero-order valence-corrected chi connectivity index (χ0v) is 22.9. The van der Waals surface area contributed by atoms with E-state index in [0.717, 1.165) is 51.0 Å². The molecule has 7 nitrogen and oxygen atoms in total. The molecule has 2 unspecified atom stereocenters. The van der Waals surface area contributed by atoms with Gasteiger partial charge in [-0.25, -0.2) is 9.37 Å². The van der Waals surface area contributed by atoms with Gasteiger partial charge in [-0.3, -0.25) is 0 Å². The van der Waals surface area contributed by atoms with Crippen molar-refractivity contribution in [2.24, 2.45) is 5.92 Å². The van der Waals surface area contributed by atoms with Crippen LogP contribution in [-0.2, 0) is 16.1 Å². The zero-order valence-electron chi connectivity index (χ0n) is 22.9. The standard InChI is InChI=1S/C30H34F3N5O2/c1-19-21-11-9-12-23(26(21)31)30(32,33)18-40-13-8-6-4-3-5-7-10-20-15-29(20,17-34)24-14-22-25(37-28(24)39-2)16-35-38-27(22)36-19/h9,11-12,14,16,19-20H,3-8,10,13,15,18H2,1-2H3,(H,36,38)/t19-,20?,29?/m1/s1. The number of nitriles is 1. The largest absolute Gasteiger partial charge is 0.481 e. The first-order valence-corrected chi connectivity index (χ1v) is 13.9. The number of pyridine rings is 1. The summed E-state index contributed by atoms with van der Waals surface area (Å²) in [6, 6.07) is 7.66. The van der Waals surface area contributed by atoms with Crippen molar-refractivity contribution in [3.05, 3.63) is 53.0 Å². The maximum absolute atomic E-state index is 15.5. The van der Waals surface area contributed by atoms with Crippen LogP contribution < -0.4 is 10.1 Å². The molecule has 1 aromatic carbocycles. The normalized spacial score (nSPS) is 25.5. The first-order chi connectivity index (χ1) is 19.3. The van der Waals surface area contributed by atoms with Gasteiger partial charge in [0.05, 0.1) is 41.9 Å². The van der Waals surface area contributed by atoms with Crippen molar-refractivity contribution in [1.29, 1.82) is 5.26 Å². The van der Waals surface area contributed by atoms with Gasteiger partial charge in [0.2, 0.25) is 5.88 Å². The maximum atomic E-state index is 15.5. The zero-order chi connectivity index (χ0) is 28.3. The monoisotopic (exact) mass is 553 g/mol. The summed E-state index contributed by atoms with van der Waals surface area (Å²) in [5, 5.41) is 22.2. The van der Waals surface area contributed by atoms with Crippen LogP contribution in [0.15, 0.2) is 30.5 Å². The van der Waals surface area contributed by atoms with Crippen molar-refractivity contribution in [3.8, 4) is 11.9 Å². The Morgan fingerprint density at radius 3 is 2.67 bits per heavy atom. The molecule has 1 saturated carbocycles. The number of hydrogen-bond acceptors (Lipinski definition) is 7. The number of rotatable bonds is 1. The molecule has 0 spiro atoms. The van der Waals surface area contributed by atoms with Crippen molar-refractivity contribution >= 4 is 16.7 Å². The number of hydrogen-bond donors (Lipinski definition) is 1. The predicted molar refractivity (Wildman–Crippen MR) is 145 cm³/mol. The quantitative estimate of drug-likeness (QED) is 0.348. The Morgan fingerprint density at radius 1 is 1.12 bits per heavy atom. The molecule has 1 aliphatic carbocycles. The number of benzene rings is 1. The van der Waals surface area contributed by atoms with Gasteiger partial charge in [-0.15, -0.1) is 5.10 Å². The van der Waals surface area contributed by atoms with Crippen LogP contribution in [0.4, 0.5) is 19.0 Å². The van der Waals surface area contributed by atoms with Gasteiger partial charge in [0.15, 0.2) is 5.82 Å². The van der Waals surface area contributed by atoms with Gasteiger partial charge in [-0.2, -0.15) is 19.1 Å². The van der Waals surface area contributed by atoms with E-state index in [2.05, 4.69) is 26.6 Å². The molecule has 40 heavy (non-hydrogen) atoms. The van der Waals surface area contributed by atoms with Crippen molar-refractivity contribution in [3.63, 3.8) is 0 Å². The highest BCUT2D eigenvalue weighted by Crippen LogP contribution is 2.58. The van der Waals surface area contributed by atoms with Gasteiger partial charge in [0, 0.05) is 23.1 Å². The summed E-state index contributed by atoms with van der Waals surface area (Å²) in [6.07, 6.45) is 8.79. The second-order valence-electron chi connectivity index (χ2n) is 10.9. The fourth-order valence-corrected chi connectivity index (χ4v) is 5.81. The molecule has 0 amide bonds. The molecule has 2 aromatic heterocycles. The van der Waals surface area contributed by atoms with Crippen LogP contribution in [0.3, 0.4) is 0 Å². The van der Waals surface area contributed by atoms with Crippen LogP contribution in [0.1, 0.15) is 81.0 Å².